The van der Waals surface area contributed by atoms with E-state index in [1.54, 1.807) is 0 Å². The van der Waals surface area contributed by atoms with Gasteiger partial charge in [-0.15, -0.1) is 0 Å². The highest BCUT2D eigenvalue weighted by Crippen LogP contribution is 2.21. The van der Waals surface area contributed by atoms with Crippen molar-refractivity contribution in [3.8, 4) is 0 Å². The Labute approximate surface area is 100 Å². The predicted molar refractivity (Wildman–Crippen MR) is 58.5 cm³/mol. The van der Waals surface area contributed by atoms with Gasteiger partial charge >= 0.3 is 5.97 Å². The highest BCUT2D eigenvalue weighted by Gasteiger charge is 2.22. The normalized spacial score (nSPS) is 11.7. The zero-order valence-corrected chi connectivity index (χ0v) is 9.21. The van der Waals surface area contributed by atoms with Crippen LogP contribution in [0.25, 0.3) is 0 Å². The van der Waals surface area contributed by atoms with Crippen LogP contribution in [-0.2, 0) is 9.59 Å². The van der Waals surface area contributed by atoms with Crippen molar-refractivity contribution in [2.75, 3.05) is 5.32 Å². The summed E-state index contributed by atoms with van der Waals surface area (Å²) in [6, 6.07) is 2.58. The van der Waals surface area contributed by atoms with Gasteiger partial charge in [-0.25, -0.2) is 4.39 Å². The van der Waals surface area contributed by atoms with Gasteiger partial charge in [-0.05, 0) is 13.0 Å². The number of hydrogen-bond acceptors (Lipinski definition) is 4. The molecule has 0 radical (unpaired) electrons. The third-order valence-corrected chi connectivity index (χ3v) is 2.18. The summed E-state index contributed by atoms with van der Waals surface area (Å²) in [4.78, 5) is 31.6. The number of anilines is 1. The third kappa shape index (κ3) is 3.00. The predicted octanol–water partition coefficient (Wildman–Crippen LogP) is 1.39. The summed E-state index contributed by atoms with van der Waals surface area (Å²) in [5.74, 6) is -4.60. The van der Waals surface area contributed by atoms with E-state index in [0.717, 1.165) is 25.1 Å². The average molecular weight is 256 g/mol. The van der Waals surface area contributed by atoms with E-state index in [1.165, 1.54) is 0 Å². The maximum absolute atomic E-state index is 13.3. The number of aliphatic carboxylic acids is 1. The Hall–Kier alpha value is -2.51. The number of benzene rings is 1. The summed E-state index contributed by atoms with van der Waals surface area (Å²) in [6.07, 6.45) is 0. The summed E-state index contributed by atoms with van der Waals surface area (Å²) in [6.45, 7) is 1.12. The molecule has 0 aliphatic rings. The van der Waals surface area contributed by atoms with Crippen LogP contribution in [-0.4, -0.2) is 21.9 Å². The lowest BCUT2D eigenvalue weighted by Crippen LogP contribution is -2.27. The molecule has 7 nitrogen and oxygen atoms in total. The Morgan fingerprint density at radius 3 is 2.61 bits per heavy atom. The highest BCUT2D eigenvalue weighted by molar-refractivity contribution is 6.04. The highest BCUT2D eigenvalue weighted by atomic mass is 19.1. The number of carboxylic acids is 1. The number of nitro benzene ring substituents is 1. The Balaban J connectivity index is 2.97. The molecule has 0 spiro atoms. The number of halogens is 1. The van der Waals surface area contributed by atoms with Crippen LogP contribution in [0.3, 0.4) is 0 Å². The fraction of sp³-hybridized carbons (Fsp3) is 0.200. The molecule has 1 atom stereocenters. The van der Waals surface area contributed by atoms with E-state index in [1.807, 2.05) is 5.32 Å². The lowest BCUT2D eigenvalue weighted by atomic mass is 10.1. The molecule has 1 amide bonds. The van der Waals surface area contributed by atoms with Crippen LogP contribution in [0.5, 0.6) is 0 Å². The quantitative estimate of drug-likeness (QED) is 0.480. The minimum atomic E-state index is -1.39. The van der Waals surface area contributed by atoms with Gasteiger partial charge in [0.05, 0.1) is 10.6 Å². The van der Waals surface area contributed by atoms with Crippen molar-refractivity contribution < 1.29 is 24.0 Å². The van der Waals surface area contributed by atoms with Crippen molar-refractivity contribution >= 4 is 23.3 Å². The topological polar surface area (TPSA) is 110 Å². The number of non-ortho nitro benzene ring substituents is 1. The van der Waals surface area contributed by atoms with Crippen molar-refractivity contribution in [3.05, 3.63) is 34.1 Å². The molecular formula is C10H9FN2O5. The smallest absolute Gasteiger partial charge is 0.315 e. The van der Waals surface area contributed by atoms with Crippen molar-refractivity contribution in [3.63, 3.8) is 0 Å². The van der Waals surface area contributed by atoms with Gasteiger partial charge < -0.3 is 10.4 Å². The molecule has 0 aliphatic heterocycles. The Morgan fingerprint density at radius 1 is 1.50 bits per heavy atom. The fourth-order valence-corrected chi connectivity index (χ4v) is 1.08. The zero-order chi connectivity index (χ0) is 13.9. The van der Waals surface area contributed by atoms with Crippen LogP contribution < -0.4 is 5.32 Å². The van der Waals surface area contributed by atoms with Crippen molar-refractivity contribution in [2.24, 2.45) is 5.92 Å². The molecule has 0 aromatic heterocycles. The van der Waals surface area contributed by atoms with E-state index in [-0.39, 0.29) is 0 Å². The zero-order valence-electron chi connectivity index (χ0n) is 9.21. The molecule has 8 heteroatoms. The van der Waals surface area contributed by atoms with Crippen LogP contribution in [0.1, 0.15) is 6.92 Å². The number of hydrogen-bond donors (Lipinski definition) is 2. The first kappa shape index (κ1) is 13.6. The second-order valence-corrected chi connectivity index (χ2v) is 3.47. The number of carbonyl (C=O) groups excluding carboxylic acids is 1. The second kappa shape index (κ2) is 5.21. The Morgan fingerprint density at radius 2 is 2.11 bits per heavy atom. The van der Waals surface area contributed by atoms with E-state index in [2.05, 4.69) is 0 Å². The first-order chi connectivity index (χ1) is 8.32. The van der Waals surface area contributed by atoms with Gasteiger partial charge in [0, 0.05) is 12.1 Å². The van der Waals surface area contributed by atoms with E-state index in [0.29, 0.717) is 0 Å². The number of carboxylic acid groups (broad SMARTS) is 1. The van der Waals surface area contributed by atoms with Crippen LogP contribution >= 0.6 is 0 Å². The average Bonchev–Trinajstić information content (AvgIpc) is 2.30. The maximum Gasteiger partial charge on any atom is 0.315 e. The van der Waals surface area contributed by atoms with Crippen LogP contribution in [0, 0.1) is 21.8 Å². The van der Waals surface area contributed by atoms with Crippen LogP contribution in [0.2, 0.25) is 0 Å². The van der Waals surface area contributed by atoms with Gasteiger partial charge in [0.25, 0.3) is 5.69 Å². The van der Waals surface area contributed by atoms with Crippen molar-refractivity contribution in [1.29, 1.82) is 0 Å². The molecule has 0 saturated heterocycles. The molecular weight excluding hydrogens is 247 g/mol. The summed E-state index contributed by atoms with van der Waals surface area (Å²) in [5.41, 5.74) is -0.836. The number of nitro groups is 1. The fourth-order valence-electron chi connectivity index (χ4n) is 1.08. The molecule has 96 valence electrons. The van der Waals surface area contributed by atoms with Gasteiger partial charge in [-0.3, -0.25) is 19.7 Å². The standard InChI is InChI=1S/C10H9FN2O5/c1-5(10(15)16)9(14)12-8-4-6(13(17)18)2-3-7(8)11/h2-5H,1H3,(H,12,14)(H,15,16). The summed E-state index contributed by atoms with van der Waals surface area (Å²) >= 11 is 0. The minimum absolute atomic E-state index is 0.408. The van der Waals surface area contributed by atoms with Crippen LogP contribution in [0.15, 0.2) is 18.2 Å². The number of rotatable bonds is 4. The SMILES string of the molecule is CC(C(=O)O)C(=O)Nc1cc([N+](=O)[O-])ccc1F. The molecule has 0 saturated carbocycles. The molecule has 2 N–H and O–H groups in total. The van der Waals surface area contributed by atoms with Gasteiger partial charge in [0.2, 0.25) is 5.91 Å². The first-order valence-corrected chi connectivity index (χ1v) is 4.80. The lowest BCUT2D eigenvalue weighted by molar-refractivity contribution is -0.384. The number of nitrogens with zero attached hydrogens (tertiary/aromatic N) is 1. The number of carbonyl (C=O) groups is 2. The Kier molecular flexibility index (Phi) is 3.93. The molecule has 1 unspecified atom stereocenters. The van der Waals surface area contributed by atoms with E-state index >= 15 is 0 Å². The molecule has 1 rings (SSSR count). The van der Waals surface area contributed by atoms with E-state index in [9.17, 15) is 24.1 Å². The number of amides is 1. The second-order valence-electron chi connectivity index (χ2n) is 3.47. The maximum atomic E-state index is 13.3. The third-order valence-electron chi connectivity index (χ3n) is 2.18. The minimum Gasteiger partial charge on any atom is -0.481 e. The Bertz CT molecular complexity index is 517. The van der Waals surface area contributed by atoms with Crippen molar-refractivity contribution in [2.45, 2.75) is 6.92 Å². The molecule has 0 bridgehead atoms. The molecule has 0 heterocycles. The molecule has 0 fully saturated rings. The van der Waals surface area contributed by atoms with E-state index < -0.39 is 39.9 Å². The molecule has 1 aromatic carbocycles. The van der Waals surface area contributed by atoms with E-state index in [4.69, 9.17) is 5.11 Å². The molecule has 1 aromatic rings. The van der Waals surface area contributed by atoms with Gasteiger partial charge in [0.1, 0.15) is 11.7 Å². The summed E-state index contributed by atoms with van der Waals surface area (Å²) < 4.78 is 13.3. The van der Waals surface area contributed by atoms with Gasteiger partial charge in [0.15, 0.2) is 0 Å². The summed E-state index contributed by atoms with van der Waals surface area (Å²) in [5, 5.41) is 21.0. The van der Waals surface area contributed by atoms with Crippen LogP contribution in [0.4, 0.5) is 15.8 Å². The molecule has 0 aliphatic carbocycles. The monoisotopic (exact) mass is 256 g/mol. The lowest BCUT2D eigenvalue weighted by Gasteiger charge is -2.08. The first-order valence-electron chi connectivity index (χ1n) is 4.80. The van der Waals surface area contributed by atoms with Gasteiger partial charge in [-0.1, -0.05) is 0 Å². The van der Waals surface area contributed by atoms with Crippen molar-refractivity contribution in [1.82, 2.24) is 0 Å². The summed E-state index contributed by atoms with van der Waals surface area (Å²) in [7, 11) is 0. The molecule has 18 heavy (non-hydrogen) atoms. The van der Waals surface area contributed by atoms with Gasteiger partial charge in [-0.2, -0.15) is 0 Å². The number of nitrogens with one attached hydrogen (secondary N) is 1. The largest absolute Gasteiger partial charge is 0.481 e.